The predicted molar refractivity (Wildman–Crippen MR) is 77.6 cm³/mol. The lowest BCUT2D eigenvalue weighted by Crippen LogP contribution is -2.68. The zero-order chi connectivity index (χ0) is 13.7. The highest BCUT2D eigenvalue weighted by molar-refractivity contribution is 9.10. The second-order valence-corrected chi connectivity index (χ2v) is 8.80. The molecule has 0 amide bonds. The molecule has 2 heterocycles. The summed E-state index contributed by atoms with van der Waals surface area (Å²) in [6, 6.07) is 1.39. The number of rotatable bonds is 2. The predicted octanol–water partition coefficient (Wildman–Crippen LogP) is 2.07. The first-order chi connectivity index (χ1) is 8.23. The number of carbonyl (C=O) groups excluding carboxylic acids is 1. The quantitative estimate of drug-likeness (QED) is 0.432. The molecule has 3 atom stereocenters. The number of carbonyl (C=O) groups is 1. The van der Waals surface area contributed by atoms with Gasteiger partial charge in [0.25, 0.3) is 0 Å². The van der Waals surface area contributed by atoms with Crippen LogP contribution in [0.3, 0.4) is 0 Å². The number of nitrogens with zero attached hydrogens (tertiary/aromatic N) is 2. The van der Waals surface area contributed by atoms with E-state index in [2.05, 4.69) is 15.9 Å². The van der Waals surface area contributed by atoms with Crippen molar-refractivity contribution in [3.05, 3.63) is 0 Å². The second-order valence-electron chi connectivity index (χ2n) is 5.03. The number of hydrogen-bond donors (Lipinski definition) is 0. The van der Waals surface area contributed by atoms with Gasteiger partial charge in [-0.2, -0.15) is 5.26 Å². The Bertz CT molecular complexity index is 458. The summed E-state index contributed by atoms with van der Waals surface area (Å²) in [5.74, 6) is -0.373. The first-order valence-corrected chi connectivity index (χ1v) is 7.54. The Morgan fingerprint density at radius 3 is 2.83 bits per heavy atom. The standard InChI is InChI=1S/C11H13BrN2O2S2/c1-10(2)6(7(15)16-5-4-13)14-8(17)11(3,12)9(14)18-10/h6,9H,5H2,1-3H3/t6-,9+,11?/m0/s1. The monoisotopic (exact) mass is 348 g/mol. The minimum Gasteiger partial charge on any atom is -0.449 e. The third-order valence-electron chi connectivity index (χ3n) is 3.22. The first-order valence-electron chi connectivity index (χ1n) is 5.46. The van der Waals surface area contributed by atoms with Crippen LogP contribution >= 0.6 is 39.9 Å². The third-order valence-corrected chi connectivity index (χ3v) is 6.99. The van der Waals surface area contributed by atoms with Crippen molar-refractivity contribution in [2.45, 2.75) is 41.3 Å². The van der Waals surface area contributed by atoms with Crippen LogP contribution in [0.2, 0.25) is 0 Å². The van der Waals surface area contributed by atoms with Crippen molar-refractivity contribution in [3.8, 4) is 6.07 Å². The van der Waals surface area contributed by atoms with Crippen molar-refractivity contribution in [2.24, 2.45) is 0 Å². The Morgan fingerprint density at radius 1 is 1.67 bits per heavy atom. The van der Waals surface area contributed by atoms with E-state index in [0.717, 1.165) is 4.99 Å². The van der Waals surface area contributed by atoms with Crippen LogP contribution in [0.1, 0.15) is 20.8 Å². The number of esters is 1. The summed E-state index contributed by atoms with van der Waals surface area (Å²) in [6.07, 6.45) is 0. The number of halogens is 1. The lowest BCUT2D eigenvalue weighted by Gasteiger charge is -2.51. The van der Waals surface area contributed by atoms with E-state index in [1.54, 1.807) is 11.8 Å². The normalized spacial score (nSPS) is 36.6. The molecule has 0 aromatic heterocycles. The SMILES string of the molecule is CC1(C)S[C@H]2N(C(=S)C2(C)Br)[C@H]1C(=O)OCC#N. The Kier molecular flexibility index (Phi) is 3.41. The van der Waals surface area contributed by atoms with Gasteiger partial charge < -0.3 is 9.64 Å². The molecular weight excluding hydrogens is 336 g/mol. The largest absolute Gasteiger partial charge is 0.449 e. The fourth-order valence-corrected chi connectivity index (χ4v) is 5.10. The van der Waals surface area contributed by atoms with Crippen molar-refractivity contribution in [2.75, 3.05) is 6.61 Å². The van der Waals surface area contributed by atoms with Crippen LogP contribution in [0, 0.1) is 11.3 Å². The number of alkyl halides is 1. The summed E-state index contributed by atoms with van der Waals surface area (Å²) < 4.78 is 4.42. The van der Waals surface area contributed by atoms with Gasteiger partial charge in [0.05, 0.1) is 10.4 Å². The maximum absolute atomic E-state index is 12.1. The maximum Gasteiger partial charge on any atom is 0.331 e. The van der Waals surface area contributed by atoms with Crippen molar-refractivity contribution < 1.29 is 9.53 Å². The average molecular weight is 349 g/mol. The van der Waals surface area contributed by atoms with E-state index in [0.29, 0.717) is 0 Å². The van der Waals surface area contributed by atoms with Crippen LogP contribution in [-0.4, -0.2) is 43.0 Å². The third kappa shape index (κ3) is 1.86. The zero-order valence-corrected chi connectivity index (χ0v) is 13.5. The Morgan fingerprint density at radius 2 is 2.28 bits per heavy atom. The van der Waals surface area contributed by atoms with E-state index in [4.69, 9.17) is 22.2 Å². The van der Waals surface area contributed by atoms with Gasteiger partial charge in [0.1, 0.15) is 16.4 Å². The van der Waals surface area contributed by atoms with Crippen LogP contribution in [0.5, 0.6) is 0 Å². The molecule has 7 heteroatoms. The van der Waals surface area contributed by atoms with E-state index < -0.39 is 6.04 Å². The van der Waals surface area contributed by atoms with Crippen LogP contribution in [-0.2, 0) is 9.53 Å². The topological polar surface area (TPSA) is 53.3 Å². The molecule has 2 aliphatic heterocycles. The molecule has 18 heavy (non-hydrogen) atoms. The molecule has 0 aromatic carbocycles. The first kappa shape index (κ1) is 14.1. The van der Waals surface area contributed by atoms with Crippen molar-refractivity contribution in [1.82, 2.24) is 4.90 Å². The van der Waals surface area contributed by atoms with Gasteiger partial charge in [0.2, 0.25) is 0 Å². The lowest BCUT2D eigenvalue weighted by molar-refractivity contribution is -0.148. The van der Waals surface area contributed by atoms with Gasteiger partial charge in [0.15, 0.2) is 6.61 Å². The number of thiocarbonyl (C=S) groups is 1. The summed E-state index contributed by atoms with van der Waals surface area (Å²) in [5.41, 5.74) is 0. The van der Waals surface area contributed by atoms with Gasteiger partial charge in [-0.1, -0.05) is 28.1 Å². The van der Waals surface area contributed by atoms with Gasteiger partial charge in [-0.15, -0.1) is 11.8 Å². The van der Waals surface area contributed by atoms with E-state index in [1.165, 1.54) is 0 Å². The number of thioether (sulfide) groups is 1. The van der Waals surface area contributed by atoms with Gasteiger partial charge >= 0.3 is 5.97 Å². The summed E-state index contributed by atoms with van der Waals surface area (Å²) in [7, 11) is 0. The molecule has 0 spiro atoms. The highest BCUT2D eigenvalue weighted by atomic mass is 79.9. The second kappa shape index (κ2) is 4.36. The molecule has 2 aliphatic rings. The number of fused-ring (bicyclic) bond motifs is 1. The number of ether oxygens (including phenoxy) is 1. The lowest BCUT2D eigenvalue weighted by atomic mass is 9.93. The molecule has 0 radical (unpaired) electrons. The molecular formula is C11H13BrN2O2S2. The Balaban J connectivity index is 2.23. The molecule has 1 unspecified atom stereocenters. The van der Waals surface area contributed by atoms with Gasteiger partial charge in [-0.05, 0) is 20.8 Å². The van der Waals surface area contributed by atoms with Crippen LogP contribution in [0.15, 0.2) is 0 Å². The summed E-state index contributed by atoms with van der Waals surface area (Å²) in [4.78, 5) is 14.7. The summed E-state index contributed by atoms with van der Waals surface area (Å²) >= 11 is 10.7. The molecule has 98 valence electrons. The fraction of sp³-hybridized carbons (Fsp3) is 0.727. The maximum atomic E-state index is 12.1. The van der Waals surface area contributed by atoms with Gasteiger partial charge in [0, 0.05) is 4.75 Å². The smallest absolute Gasteiger partial charge is 0.331 e. The Hall–Kier alpha value is -0.320. The molecule has 0 saturated carbocycles. The molecule has 0 bridgehead atoms. The van der Waals surface area contributed by atoms with E-state index in [9.17, 15) is 4.79 Å². The molecule has 0 aromatic rings. The summed E-state index contributed by atoms with van der Waals surface area (Å²) in [6.45, 7) is 5.80. The van der Waals surface area contributed by atoms with Crippen LogP contribution in [0.4, 0.5) is 0 Å². The van der Waals surface area contributed by atoms with Crippen LogP contribution < -0.4 is 0 Å². The van der Waals surface area contributed by atoms with E-state index >= 15 is 0 Å². The van der Waals surface area contributed by atoms with Gasteiger partial charge in [-0.3, -0.25) is 0 Å². The molecule has 4 nitrogen and oxygen atoms in total. The molecule has 0 N–H and O–H groups in total. The molecule has 0 aliphatic carbocycles. The van der Waals surface area contributed by atoms with E-state index in [1.807, 2.05) is 31.7 Å². The fourth-order valence-electron chi connectivity index (χ4n) is 2.35. The zero-order valence-electron chi connectivity index (χ0n) is 10.3. The Labute approximate surface area is 124 Å². The van der Waals surface area contributed by atoms with Crippen molar-refractivity contribution >= 4 is 50.9 Å². The average Bonchev–Trinajstić information content (AvgIpc) is 2.56. The minimum atomic E-state index is -0.418. The molecule has 2 rings (SSSR count). The highest BCUT2D eigenvalue weighted by Crippen LogP contribution is 2.58. The molecule has 2 saturated heterocycles. The number of hydrogen-bond acceptors (Lipinski definition) is 5. The van der Waals surface area contributed by atoms with Crippen molar-refractivity contribution in [3.63, 3.8) is 0 Å². The van der Waals surface area contributed by atoms with Gasteiger partial charge in [-0.25, -0.2) is 4.79 Å². The summed E-state index contributed by atoms with van der Waals surface area (Å²) in [5, 5.41) is 8.61. The van der Waals surface area contributed by atoms with E-state index in [-0.39, 0.29) is 27.0 Å². The number of nitriles is 1. The van der Waals surface area contributed by atoms with Crippen molar-refractivity contribution in [1.29, 1.82) is 5.26 Å². The van der Waals surface area contributed by atoms with Crippen LogP contribution in [0.25, 0.3) is 0 Å². The minimum absolute atomic E-state index is 0.139. The molecule has 2 fully saturated rings. The highest BCUT2D eigenvalue weighted by Gasteiger charge is 2.66.